The summed E-state index contributed by atoms with van der Waals surface area (Å²) in [6.07, 6.45) is 1.47. The van der Waals surface area contributed by atoms with E-state index in [1.165, 1.54) is 6.20 Å². The molecule has 0 saturated heterocycles. The van der Waals surface area contributed by atoms with E-state index in [9.17, 15) is 0 Å². The van der Waals surface area contributed by atoms with Crippen LogP contribution < -0.4 is 11.1 Å². The molecular weight excluding hydrogens is 259 g/mol. The molecular formula is C11H10Cl2N4. The fourth-order valence-corrected chi connectivity index (χ4v) is 1.56. The van der Waals surface area contributed by atoms with Gasteiger partial charge in [0.1, 0.15) is 0 Å². The van der Waals surface area contributed by atoms with Gasteiger partial charge in [0.05, 0.1) is 11.9 Å². The lowest BCUT2D eigenvalue weighted by Gasteiger charge is -2.08. The standard InChI is InChI=1S/C11H10Cl2N4/c12-8-3-1-7(2-4-8)5-15-10-9(14)6-16-11(13)17-10/h1-4,6H,5,14H2,(H,15,16,17). The molecule has 0 aliphatic heterocycles. The third-order valence-corrected chi connectivity index (χ3v) is 2.59. The van der Waals surface area contributed by atoms with Crippen molar-refractivity contribution in [2.24, 2.45) is 0 Å². The first-order valence-corrected chi connectivity index (χ1v) is 5.67. The normalized spacial score (nSPS) is 10.2. The van der Waals surface area contributed by atoms with Crippen LogP contribution in [0.2, 0.25) is 10.3 Å². The predicted molar refractivity (Wildman–Crippen MR) is 70.2 cm³/mol. The van der Waals surface area contributed by atoms with Gasteiger partial charge >= 0.3 is 0 Å². The number of halogens is 2. The third kappa shape index (κ3) is 3.22. The highest BCUT2D eigenvalue weighted by Gasteiger charge is 2.02. The van der Waals surface area contributed by atoms with Crippen molar-refractivity contribution in [2.45, 2.75) is 6.54 Å². The molecule has 4 nitrogen and oxygen atoms in total. The van der Waals surface area contributed by atoms with Crippen molar-refractivity contribution in [2.75, 3.05) is 11.1 Å². The van der Waals surface area contributed by atoms with E-state index in [1.807, 2.05) is 24.3 Å². The van der Waals surface area contributed by atoms with E-state index in [0.29, 0.717) is 23.1 Å². The molecule has 2 rings (SSSR count). The Labute approximate surface area is 109 Å². The molecule has 0 saturated carbocycles. The average molecular weight is 269 g/mol. The summed E-state index contributed by atoms with van der Waals surface area (Å²) >= 11 is 11.5. The number of aromatic nitrogens is 2. The lowest BCUT2D eigenvalue weighted by molar-refractivity contribution is 1.08. The molecule has 0 unspecified atom stereocenters. The van der Waals surface area contributed by atoms with Crippen LogP contribution in [0.4, 0.5) is 11.5 Å². The van der Waals surface area contributed by atoms with Crippen LogP contribution in [-0.2, 0) is 6.54 Å². The minimum atomic E-state index is 0.165. The van der Waals surface area contributed by atoms with Crippen molar-refractivity contribution in [3.05, 3.63) is 46.3 Å². The van der Waals surface area contributed by atoms with Crippen molar-refractivity contribution in [1.82, 2.24) is 9.97 Å². The van der Waals surface area contributed by atoms with Gasteiger partial charge in [0.2, 0.25) is 5.28 Å². The maximum absolute atomic E-state index is 5.80. The topological polar surface area (TPSA) is 63.8 Å². The third-order valence-electron chi connectivity index (χ3n) is 2.16. The van der Waals surface area contributed by atoms with Gasteiger partial charge in [-0.1, -0.05) is 23.7 Å². The molecule has 2 aromatic rings. The van der Waals surface area contributed by atoms with Gasteiger partial charge in [0.15, 0.2) is 5.82 Å². The highest BCUT2D eigenvalue weighted by Crippen LogP contribution is 2.17. The van der Waals surface area contributed by atoms with Gasteiger partial charge in [-0.2, -0.15) is 4.98 Å². The molecule has 88 valence electrons. The zero-order valence-corrected chi connectivity index (χ0v) is 10.3. The lowest BCUT2D eigenvalue weighted by atomic mass is 10.2. The summed E-state index contributed by atoms with van der Waals surface area (Å²) in [5, 5.41) is 3.96. The predicted octanol–water partition coefficient (Wildman–Crippen LogP) is 2.98. The molecule has 0 spiro atoms. The van der Waals surface area contributed by atoms with Gasteiger partial charge in [-0.3, -0.25) is 0 Å². The maximum atomic E-state index is 5.80. The second-order valence-electron chi connectivity index (χ2n) is 3.42. The van der Waals surface area contributed by atoms with Crippen LogP contribution in [0, 0.1) is 0 Å². The maximum Gasteiger partial charge on any atom is 0.224 e. The van der Waals surface area contributed by atoms with Crippen molar-refractivity contribution in [3.8, 4) is 0 Å². The second kappa shape index (κ2) is 5.21. The molecule has 1 aromatic carbocycles. The minimum Gasteiger partial charge on any atom is -0.394 e. The zero-order chi connectivity index (χ0) is 12.3. The summed E-state index contributed by atoms with van der Waals surface area (Å²) in [5.74, 6) is 0.528. The van der Waals surface area contributed by atoms with Crippen molar-refractivity contribution in [1.29, 1.82) is 0 Å². The number of hydrogen-bond donors (Lipinski definition) is 2. The summed E-state index contributed by atoms with van der Waals surface area (Å²) in [6.45, 7) is 0.592. The molecule has 3 N–H and O–H groups in total. The van der Waals surface area contributed by atoms with E-state index in [4.69, 9.17) is 28.9 Å². The molecule has 0 atom stereocenters. The molecule has 0 aliphatic rings. The van der Waals surface area contributed by atoms with E-state index >= 15 is 0 Å². The molecule has 1 aromatic heterocycles. The van der Waals surface area contributed by atoms with Gasteiger partial charge in [0, 0.05) is 11.6 Å². The van der Waals surface area contributed by atoms with Crippen LogP contribution in [0.5, 0.6) is 0 Å². The van der Waals surface area contributed by atoms with Crippen LogP contribution in [0.25, 0.3) is 0 Å². The SMILES string of the molecule is Nc1cnc(Cl)nc1NCc1ccc(Cl)cc1. The Kier molecular flexibility index (Phi) is 3.66. The zero-order valence-electron chi connectivity index (χ0n) is 8.82. The molecule has 1 heterocycles. The van der Waals surface area contributed by atoms with Crippen molar-refractivity contribution >= 4 is 34.7 Å². The number of benzene rings is 1. The smallest absolute Gasteiger partial charge is 0.224 e. The first kappa shape index (κ1) is 12.0. The van der Waals surface area contributed by atoms with Crippen molar-refractivity contribution in [3.63, 3.8) is 0 Å². The number of hydrogen-bond acceptors (Lipinski definition) is 4. The molecule has 0 aliphatic carbocycles. The molecule has 0 amide bonds. The molecule has 0 bridgehead atoms. The quantitative estimate of drug-likeness (QED) is 0.841. The van der Waals surface area contributed by atoms with Crippen LogP contribution in [0.15, 0.2) is 30.5 Å². The van der Waals surface area contributed by atoms with E-state index in [-0.39, 0.29) is 5.28 Å². The molecule has 0 fully saturated rings. The Morgan fingerprint density at radius 3 is 2.59 bits per heavy atom. The number of nitrogens with one attached hydrogen (secondary N) is 1. The highest BCUT2D eigenvalue weighted by molar-refractivity contribution is 6.30. The summed E-state index contributed by atoms with van der Waals surface area (Å²) in [7, 11) is 0. The summed E-state index contributed by atoms with van der Waals surface area (Å²) < 4.78 is 0. The van der Waals surface area contributed by atoms with Gasteiger partial charge in [0.25, 0.3) is 0 Å². The fraction of sp³-hybridized carbons (Fsp3) is 0.0909. The van der Waals surface area contributed by atoms with Crippen molar-refractivity contribution < 1.29 is 0 Å². The number of nitrogens with two attached hydrogens (primary N) is 1. The average Bonchev–Trinajstić information content (AvgIpc) is 2.32. The Hall–Kier alpha value is -1.52. The lowest BCUT2D eigenvalue weighted by Crippen LogP contribution is -2.05. The summed E-state index contributed by atoms with van der Waals surface area (Å²) in [4.78, 5) is 7.78. The molecule has 6 heteroatoms. The van der Waals surface area contributed by atoms with Crippen LogP contribution in [0.1, 0.15) is 5.56 Å². The van der Waals surface area contributed by atoms with Gasteiger partial charge in [-0.05, 0) is 29.3 Å². The Morgan fingerprint density at radius 2 is 1.88 bits per heavy atom. The fourth-order valence-electron chi connectivity index (χ4n) is 1.30. The van der Waals surface area contributed by atoms with Gasteiger partial charge in [-0.25, -0.2) is 4.98 Å². The van der Waals surface area contributed by atoms with E-state index < -0.39 is 0 Å². The van der Waals surface area contributed by atoms with E-state index in [1.54, 1.807) is 0 Å². The van der Waals surface area contributed by atoms with Crippen LogP contribution in [0.3, 0.4) is 0 Å². The number of anilines is 2. The minimum absolute atomic E-state index is 0.165. The van der Waals surface area contributed by atoms with Crippen LogP contribution >= 0.6 is 23.2 Å². The Morgan fingerprint density at radius 1 is 1.18 bits per heavy atom. The molecule has 0 radical (unpaired) electrons. The largest absolute Gasteiger partial charge is 0.394 e. The second-order valence-corrected chi connectivity index (χ2v) is 4.20. The van der Waals surface area contributed by atoms with E-state index in [0.717, 1.165) is 5.56 Å². The molecule has 17 heavy (non-hydrogen) atoms. The number of rotatable bonds is 3. The summed E-state index contributed by atoms with van der Waals surface area (Å²) in [6, 6.07) is 7.51. The number of nitrogens with zero attached hydrogens (tertiary/aromatic N) is 2. The van der Waals surface area contributed by atoms with Gasteiger partial charge in [-0.15, -0.1) is 0 Å². The first-order valence-electron chi connectivity index (χ1n) is 4.91. The monoisotopic (exact) mass is 268 g/mol. The van der Waals surface area contributed by atoms with Crippen LogP contribution in [-0.4, -0.2) is 9.97 Å². The summed E-state index contributed by atoms with van der Waals surface area (Å²) in [5.41, 5.74) is 7.24. The Balaban J connectivity index is 2.07. The van der Waals surface area contributed by atoms with E-state index in [2.05, 4.69) is 15.3 Å². The van der Waals surface area contributed by atoms with Gasteiger partial charge < -0.3 is 11.1 Å². The number of nitrogen functional groups attached to an aromatic ring is 1. The highest BCUT2D eigenvalue weighted by atomic mass is 35.5. The first-order chi connectivity index (χ1) is 8.15. The Bertz CT molecular complexity index is 513.